The van der Waals surface area contributed by atoms with E-state index in [2.05, 4.69) is 10.6 Å². The molecular formula is C7H12N2O2. The molecule has 1 aliphatic rings. The third-order valence-electron chi connectivity index (χ3n) is 2.16. The summed E-state index contributed by atoms with van der Waals surface area (Å²) in [5.74, 6) is -0.404. The Morgan fingerprint density at radius 3 is 2.64 bits per heavy atom. The second-order valence-electron chi connectivity index (χ2n) is 2.96. The van der Waals surface area contributed by atoms with Gasteiger partial charge in [-0.3, -0.25) is 14.9 Å². The summed E-state index contributed by atoms with van der Waals surface area (Å²) in [7, 11) is 1.72. The molecule has 1 atom stereocenters. The van der Waals surface area contributed by atoms with Gasteiger partial charge in [-0.25, -0.2) is 0 Å². The predicted molar refractivity (Wildman–Crippen MR) is 39.8 cm³/mol. The van der Waals surface area contributed by atoms with Crippen molar-refractivity contribution in [3.8, 4) is 0 Å². The topological polar surface area (TPSA) is 58.2 Å². The second kappa shape index (κ2) is 2.62. The van der Waals surface area contributed by atoms with Crippen molar-refractivity contribution in [3.05, 3.63) is 0 Å². The molecular weight excluding hydrogens is 144 g/mol. The van der Waals surface area contributed by atoms with E-state index in [0.717, 1.165) is 0 Å². The number of piperidine rings is 1. The fourth-order valence-corrected chi connectivity index (χ4v) is 1.04. The lowest BCUT2D eigenvalue weighted by atomic mass is 9.91. The van der Waals surface area contributed by atoms with Crippen LogP contribution in [0.3, 0.4) is 0 Å². The molecule has 4 heteroatoms. The average Bonchev–Trinajstić information content (AvgIpc) is 1.98. The summed E-state index contributed by atoms with van der Waals surface area (Å²) in [6.07, 6.45) is 0.997. The predicted octanol–water partition coefficient (Wildman–Crippen LogP) is -0.599. The summed E-state index contributed by atoms with van der Waals surface area (Å²) >= 11 is 0. The molecule has 1 saturated heterocycles. The molecule has 0 saturated carbocycles. The van der Waals surface area contributed by atoms with Crippen LogP contribution in [-0.4, -0.2) is 24.4 Å². The molecule has 62 valence electrons. The van der Waals surface area contributed by atoms with Crippen LogP contribution in [0.25, 0.3) is 0 Å². The lowest BCUT2D eigenvalue weighted by molar-refractivity contribution is -0.137. The number of imide groups is 1. The van der Waals surface area contributed by atoms with E-state index in [9.17, 15) is 9.59 Å². The summed E-state index contributed by atoms with van der Waals surface area (Å²) in [5.41, 5.74) is -0.562. The van der Waals surface area contributed by atoms with E-state index in [0.29, 0.717) is 12.8 Å². The van der Waals surface area contributed by atoms with Crippen LogP contribution in [0.1, 0.15) is 19.8 Å². The summed E-state index contributed by atoms with van der Waals surface area (Å²) in [4.78, 5) is 21.9. The number of carbonyl (C=O) groups is 2. The molecule has 0 aromatic rings. The van der Waals surface area contributed by atoms with E-state index in [1.807, 2.05) is 0 Å². The number of nitrogens with one attached hydrogen (secondary N) is 2. The number of carbonyl (C=O) groups excluding carboxylic acids is 2. The lowest BCUT2D eigenvalue weighted by Gasteiger charge is -2.30. The minimum absolute atomic E-state index is 0.178. The summed E-state index contributed by atoms with van der Waals surface area (Å²) in [6.45, 7) is 1.79. The number of likely N-dealkylation sites (N-methyl/N-ethyl adjacent to an activating group) is 1. The number of rotatable bonds is 1. The van der Waals surface area contributed by atoms with Gasteiger partial charge in [0.25, 0.3) is 0 Å². The molecule has 2 amide bonds. The highest BCUT2D eigenvalue weighted by molar-refractivity contribution is 6.02. The first kappa shape index (κ1) is 8.20. The Labute approximate surface area is 65.3 Å². The Morgan fingerprint density at radius 2 is 2.18 bits per heavy atom. The highest BCUT2D eigenvalue weighted by Gasteiger charge is 2.36. The van der Waals surface area contributed by atoms with Crippen molar-refractivity contribution in [2.75, 3.05) is 7.05 Å². The normalized spacial score (nSPS) is 31.8. The molecule has 1 fully saturated rings. The fourth-order valence-electron chi connectivity index (χ4n) is 1.04. The number of hydrogen-bond donors (Lipinski definition) is 2. The van der Waals surface area contributed by atoms with Crippen molar-refractivity contribution < 1.29 is 9.59 Å². The minimum atomic E-state index is -0.562. The van der Waals surface area contributed by atoms with Gasteiger partial charge in [0, 0.05) is 6.42 Å². The van der Waals surface area contributed by atoms with Crippen molar-refractivity contribution in [2.45, 2.75) is 25.3 Å². The molecule has 0 spiro atoms. The average molecular weight is 156 g/mol. The Morgan fingerprint density at radius 1 is 1.55 bits per heavy atom. The first-order valence-electron chi connectivity index (χ1n) is 3.62. The standard InChI is InChI=1S/C7H12N2O2/c1-7(8-2)4-3-5(10)9-6(7)11/h8H,3-4H2,1-2H3,(H,9,10,11)/t7-/m1/s1. The quantitative estimate of drug-likeness (QED) is 0.498. The number of hydrogen-bond acceptors (Lipinski definition) is 3. The molecule has 0 aliphatic carbocycles. The molecule has 1 rings (SSSR count). The maximum Gasteiger partial charge on any atom is 0.246 e. The van der Waals surface area contributed by atoms with E-state index in [4.69, 9.17) is 0 Å². The van der Waals surface area contributed by atoms with Crippen molar-refractivity contribution in [1.29, 1.82) is 0 Å². The smallest absolute Gasteiger partial charge is 0.246 e. The largest absolute Gasteiger partial charge is 0.307 e. The Bertz CT molecular complexity index is 203. The van der Waals surface area contributed by atoms with E-state index < -0.39 is 5.54 Å². The zero-order chi connectivity index (χ0) is 8.48. The van der Waals surface area contributed by atoms with Gasteiger partial charge in [0.2, 0.25) is 11.8 Å². The van der Waals surface area contributed by atoms with Gasteiger partial charge in [-0.1, -0.05) is 0 Å². The van der Waals surface area contributed by atoms with Crippen LogP contribution in [0, 0.1) is 0 Å². The first-order valence-corrected chi connectivity index (χ1v) is 3.62. The number of amides is 2. The molecule has 11 heavy (non-hydrogen) atoms. The van der Waals surface area contributed by atoms with Gasteiger partial charge < -0.3 is 5.32 Å². The van der Waals surface area contributed by atoms with Crippen LogP contribution >= 0.6 is 0 Å². The lowest BCUT2D eigenvalue weighted by Crippen LogP contribution is -2.58. The van der Waals surface area contributed by atoms with Gasteiger partial charge in [-0.05, 0) is 20.4 Å². The van der Waals surface area contributed by atoms with Crippen molar-refractivity contribution >= 4 is 11.8 Å². The zero-order valence-corrected chi connectivity index (χ0v) is 6.73. The summed E-state index contributed by atoms with van der Waals surface area (Å²) in [5, 5.41) is 5.17. The van der Waals surface area contributed by atoms with Crippen molar-refractivity contribution in [1.82, 2.24) is 10.6 Å². The van der Waals surface area contributed by atoms with Gasteiger partial charge >= 0.3 is 0 Å². The molecule has 0 aromatic carbocycles. The second-order valence-corrected chi connectivity index (χ2v) is 2.96. The third-order valence-corrected chi connectivity index (χ3v) is 2.16. The first-order chi connectivity index (χ1) is 5.08. The maximum atomic E-state index is 11.2. The monoisotopic (exact) mass is 156 g/mol. The minimum Gasteiger partial charge on any atom is -0.307 e. The van der Waals surface area contributed by atoms with Crippen LogP contribution in [0.15, 0.2) is 0 Å². The Kier molecular flexibility index (Phi) is 1.95. The SMILES string of the molecule is CN[C@]1(C)CCC(=O)NC1=O. The van der Waals surface area contributed by atoms with Crippen molar-refractivity contribution in [3.63, 3.8) is 0 Å². The van der Waals surface area contributed by atoms with Crippen LogP contribution in [0.5, 0.6) is 0 Å². The fraction of sp³-hybridized carbons (Fsp3) is 0.714. The maximum absolute atomic E-state index is 11.2. The van der Waals surface area contributed by atoms with Gasteiger partial charge in [0.05, 0.1) is 5.54 Å². The Balaban J connectivity index is 2.71. The van der Waals surface area contributed by atoms with E-state index in [1.54, 1.807) is 14.0 Å². The Hall–Kier alpha value is -0.900. The molecule has 0 aromatic heterocycles. The molecule has 4 nitrogen and oxygen atoms in total. The molecule has 0 radical (unpaired) electrons. The van der Waals surface area contributed by atoms with E-state index in [-0.39, 0.29) is 11.8 Å². The van der Waals surface area contributed by atoms with Crippen LogP contribution < -0.4 is 10.6 Å². The summed E-state index contributed by atoms with van der Waals surface area (Å²) < 4.78 is 0. The van der Waals surface area contributed by atoms with Gasteiger partial charge in [-0.15, -0.1) is 0 Å². The van der Waals surface area contributed by atoms with Gasteiger partial charge in [0.15, 0.2) is 0 Å². The van der Waals surface area contributed by atoms with Gasteiger partial charge in [0.1, 0.15) is 0 Å². The molecule has 0 unspecified atom stereocenters. The highest BCUT2D eigenvalue weighted by Crippen LogP contribution is 2.15. The van der Waals surface area contributed by atoms with Crippen LogP contribution in [0.2, 0.25) is 0 Å². The molecule has 2 N–H and O–H groups in total. The third kappa shape index (κ3) is 1.40. The highest BCUT2D eigenvalue weighted by atomic mass is 16.2. The van der Waals surface area contributed by atoms with Gasteiger partial charge in [-0.2, -0.15) is 0 Å². The van der Waals surface area contributed by atoms with E-state index in [1.165, 1.54) is 0 Å². The zero-order valence-electron chi connectivity index (χ0n) is 6.73. The molecule has 1 heterocycles. The van der Waals surface area contributed by atoms with E-state index >= 15 is 0 Å². The molecule has 0 bridgehead atoms. The summed E-state index contributed by atoms with van der Waals surface area (Å²) in [6, 6.07) is 0. The van der Waals surface area contributed by atoms with Crippen molar-refractivity contribution in [2.24, 2.45) is 0 Å². The van der Waals surface area contributed by atoms with Crippen LogP contribution in [-0.2, 0) is 9.59 Å². The molecule has 1 aliphatic heterocycles. The van der Waals surface area contributed by atoms with Crippen LogP contribution in [0.4, 0.5) is 0 Å².